The van der Waals surface area contributed by atoms with Gasteiger partial charge in [-0.2, -0.15) is 5.10 Å². The smallest absolute Gasteiger partial charge is 0.230 e. The van der Waals surface area contributed by atoms with Gasteiger partial charge in [0.05, 0.1) is 13.3 Å². The highest BCUT2D eigenvalue weighted by atomic mass is 19.1. The van der Waals surface area contributed by atoms with Crippen molar-refractivity contribution < 1.29 is 13.9 Å². The summed E-state index contributed by atoms with van der Waals surface area (Å²) in [6, 6.07) is 12.6. The number of carbonyl (C=O) groups is 1. The second-order valence-corrected chi connectivity index (χ2v) is 6.67. The quantitative estimate of drug-likeness (QED) is 0.748. The van der Waals surface area contributed by atoms with E-state index in [2.05, 4.69) is 10.2 Å². The molecule has 1 fully saturated rings. The zero-order chi connectivity index (χ0) is 18.8. The van der Waals surface area contributed by atoms with E-state index in [1.54, 1.807) is 23.2 Å². The fourth-order valence-electron chi connectivity index (χ4n) is 3.51. The van der Waals surface area contributed by atoms with E-state index in [1.165, 1.54) is 13.2 Å². The molecule has 3 aromatic rings. The Labute approximate surface area is 156 Å². The first-order valence-corrected chi connectivity index (χ1v) is 8.88. The lowest BCUT2D eigenvalue weighted by Crippen LogP contribution is -2.27. The van der Waals surface area contributed by atoms with Crippen molar-refractivity contribution in [1.82, 2.24) is 10.2 Å². The van der Waals surface area contributed by atoms with E-state index in [4.69, 9.17) is 4.74 Å². The van der Waals surface area contributed by atoms with Crippen molar-refractivity contribution in [3.05, 3.63) is 66.2 Å². The van der Waals surface area contributed by atoms with Crippen LogP contribution in [0.2, 0.25) is 0 Å². The van der Waals surface area contributed by atoms with Crippen LogP contribution in [0.4, 0.5) is 10.1 Å². The number of halogens is 1. The molecule has 138 valence electrons. The van der Waals surface area contributed by atoms with Crippen LogP contribution in [-0.4, -0.2) is 29.8 Å². The lowest BCUT2D eigenvalue weighted by Gasteiger charge is -2.17. The van der Waals surface area contributed by atoms with Crippen LogP contribution in [0.3, 0.4) is 0 Å². The van der Waals surface area contributed by atoms with Gasteiger partial charge in [-0.05, 0) is 42.2 Å². The third-order valence-electron chi connectivity index (χ3n) is 5.05. The summed E-state index contributed by atoms with van der Waals surface area (Å²) in [5.74, 6) is -0.0128. The van der Waals surface area contributed by atoms with Crippen LogP contribution in [-0.2, 0) is 11.2 Å². The highest BCUT2D eigenvalue weighted by Gasteiger charge is 2.33. The number of hydrogen-bond acceptors (Lipinski definition) is 3. The number of rotatable bonds is 5. The summed E-state index contributed by atoms with van der Waals surface area (Å²) in [7, 11) is 1.50. The fourth-order valence-corrected chi connectivity index (χ4v) is 3.51. The molecule has 5 nitrogen and oxygen atoms in total. The van der Waals surface area contributed by atoms with Gasteiger partial charge in [0, 0.05) is 36.0 Å². The molecule has 0 saturated carbocycles. The summed E-state index contributed by atoms with van der Waals surface area (Å²) in [6.07, 6.45) is 4.71. The predicted molar refractivity (Wildman–Crippen MR) is 101 cm³/mol. The first-order chi connectivity index (χ1) is 13.2. The molecule has 2 aromatic carbocycles. The standard InChI is InChI=1S/C21H20FN3O2/c1-27-19-7-4-15(20(22)11-19)10-16-8-9-25(21(16)26)18-5-2-14(3-6-18)17-12-23-24-13-17/h2-7,11-13,16H,8-10H2,1H3,(H,23,24). The Kier molecular flexibility index (Phi) is 4.62. The molecule has 0 spiro atoms. The number of hydrogen-bond donors (Lipinski definition) is 1. The minimum atomic E-state index is -0.329. The van der Waals surface area contributed by atoms with Gasteiger partial charge in [-0.3, -0.25) is 9.89 Å². The summed E-state index contributed by atoms with van der Waals surface area (Å²) < 4.78 is 19.2. The van der Waals surface area contributed by atoms with Crippen LogP contribution < -0.4 is 9.64 Å². The van der Waals surface area contributed by atoms with Crippen molar-refractivity contribution in [2.24, 2.45) is 5.92 Å². The Balaban J connectivity index is 1.47. The Morgan fingerprint density at radius 3 is 2.70 bits per heavy atom. The van der Waals surface area contributed by atoms with Crippen molar-refractivity contribution in [2.75, 3.05) is 18.6 Å². The molecule has 0 aliphatic carbocycles. The van der Waals surface area contributed by atoms with E-state index >= 15 is 0 Å². The third-order valence-corrected chi connectivity index (χ3v) is 5.05. The number of benzene rings is 2. The second-order valence-electron chi connectivity index (χ2n) is 6.67. The molecule has 4 rings (SSSR count). The zero-order valence-corrected chi connectivity index (χ0v) is 15.0. The van der Waals surface area contributed by atoms with Crippen LogP contribution in [0.25, 0.3) is 11.1 Å². The van der Waals surface area contributed by atoms with Gasteiger partial charge >= 0.3 is 0 Å². The Morgan fingerprint density at radius 1 is 1.22 bits per heavy atom. The van der Waals surface area contributed by atoms with Gasteiger partial charge in [-0.1, -0.05) is 18.2 Å². The summed E-state index contributed by atoms with van der Waals surface area (Å²) >= 11 is 0. The molecule has 1 aromatic heterocycles. The fraction of sp³-hybridized carbons (Fsp3) is 0.238. The van der Waals surface area contributed by atoms with Crippen molar-refractivity contribution in [3.8, 4) is 16.9 Å². The summed E-state index contributed by atoms with van der Waals surface area (Å²) in [4.78, 5) is 14.6. The SMILES string of the molecule is COc1ccc(CC2CCN(c3ccc(-c4cn[nH]c4)cc3)C2=O)c(F)c1. The number of nitrogens with zero attached hydrogens (tertiary/aromatic N) is 2. The van der Waals surface area contributed by atoms with Gasteiger partial charge in [-0.15, -0.1) is 0 Å². The third kappa shape index (κ3) is 3.43. The molecular weight excluding hydrogens is 345 g/mol. The molecule has 27 heavy (non-hydrogen) atoms. The maximum atomic E-state index is 14.2. The molecule has 0 bridgehead atoms. The summed E-state index contributed by atoms with van der Waals surface area (Å²) in [5.41, 5.74) is 3.45. The molecule has 1 saturated heterocycles. The molecule has 1 atom stereocenters. The number of carbonyl (C=O) groups excluding carboxylic acids is 1. The number of aromatic nitrogens is 2. The monoisotopic (exact) mass is 365 g/mol. The molecule has 1 amide bonds. The van der Waals surface area contributed by atoms with Gasteiger partial charge in [0.25, 0.3) is 0 Å². The first-order valence-electron chi connectivity index (χ1n) is 8.88. The van der Waals surface area contributed by atoms with Crippen molar-refractivity contribution in [3.63, 3.8) is 0 Å². The number of H-pyrrole nitrogens is 1. The average molecular weight is 365 g/mol. The van der Waals surface area contributed by atoms with Gasteiger partial charge in [-0.25, -0.2) is 4.39 Å². The molecule has 0 radical (unpaired) electrons. The molecule has 1 unspecified atom stereocenters. The maximum Gasteiger partial charge on any atom is 0.230 e. The molecule has 1 aliphatic rings. The number of amides is 1. The lowest BCUT2D eigenvalue weighted by molar-refractivity contribution is -0.120. The lowest BCUT2D eigenvalue weighted by atomic mass is 9.97. The van der Waals surface area contributed by atoms with Gasteiger partial charge in [0.15, 0.2) is 0 Å². The largest absolute Gasteiger partial charge is 0.497 e. The normalized spacial score (nSPS) is 16.7. The first kappa shape index (κ1) is 17.3. The van der Waals surface area contributed by atoms with E-state index in [1.807, 2.05) is 30.5 Å². The average Bonchev–Trinajstić information content (AvgIpc) is 3.34. The van der Waals surface area contributed by atoms with Crippen LogP contribution in [0.1, 0.15) is 12.0 Å². The summed E-state index contributed by atoms with van der Waals surface area (Å²) in [6.45, 7) is 0.645. The van der Waals surface area contributed by atoms with Crippen molar-refractivity contribution in [1.29, 1.82) is 0 Å². The van der Waals surface area contributed by atoms with E-state index in [0.717, 1.165) is 16.8 Å². The number of nitrogens with one attached hydrogen (secondary N) is 1. The van der Waals surface area contributed by atoms with Crippen molar-refractivity contribution in [2.45, 2.75) is 12.8 Å². The molecule has 2 heterocycles. The molecule has 6 heteroatoms. The summed E-state index contributed by atoms with van der Waals surface area (Å²) in [5, 5.41) is 6.74. The maximum absolute atomic E-state index is 14.2. The van der Waals surface area contributed by atoms with Crippen LogP contribution in [0, 0.1) is 11.7 Å². The van der Waals surface area contributed by atoms with Crippen LogP contribution in [0.5, 0.6) is 5.75 Å². The Morgan fingerprint density at radius 2 is 2.04 bits per heavy atom. The Bertz CT molecular complexity index is 939. The Hall–Kier alpha value is -3.15. The number of anilines is 1. The van der Waals surface area contributed by atoms with E-state index < -0.39 is 0 Å². The zero-order valence-electron chi connectivity index (χ0n) is 15.0. The highest BCUT2D eigenvalue weighted by Crippen LogP contribution is 2.30. The van der Waals surface area contributed by atoms with Gasteiger partial charge in [0.1, 0.15) is 11.6 Å². The van der Waals surface area contributed by atoms with E-state index in [-0.39, 0.29) is 17.6 Å². The van der Waals surface area contributed by atoms with E-state index in [0.29, 0.717) is 30.7 Å². The predicted octanol–water partition coefficient (Wildman–Crippen LogP) is 3.82. The van der Waals surface area contributed by atoms with Crippen LogP contribution in [0.15, 0.2) is 54.9 Å². The van der Waals surface area contributed by atoms with E-state index in [9.17, 15) is 9.18 Å². The molecular formula is C21H20FN3O2. The van der Waals surface area contributed by atoms with Crippen molar-refractivity contribution >= 4 is 11.6 Å². The second kappa shape index (κ2) is 7.23. The van der Waals surface area contributed by atoms with Crippen LogP contribution >= 0.6 is 0 Å². The topological polar surface area (TPSA) is 58.2 Å². The van der Waals surface area contributed by atoms with Gasteiger partial charge < -0.3 is 9.64 Å². The number of aromatic amines is 1. The van der Waals surface area contributed by atoms with Gasteiger partial charge in [0.2, 0.25) is 5.91 Å². The molecule has 1 aliphatic heterocycles. The minimum absolute atomic E-state index is 0.0429. The number of ether oxygens (including phenoxy) is 1. The number of methoxy groups -OCH3 is 1. The minimum Gasteiger partial charge on any atom is -0.497 e. The highest BCUT2D eigenvalue weighted by molar-refractivity contribution is 5.97. The molecule has 1 N–H and O–H groups in total.